The molecule has 1 saturated heterocycles. The maximum atomic E-state index is 14.9. The minimum absolute atomic E-state index is 0.0827. The van der Waals surface area contributed by atoms with Gasteiger partial charge >= 0.3 is 0 Å². The van der Waals surface area contributed by atoms with E-state index in [0.717, 1.165) is 18.0 Å². The van der Waals surface area contributed by atoms with Gasteiger partial charge in [0.2, 0.25) is 5.95 Å². The number of nitrogens with zero attached hydrogens (tertiary/aromatic N) is 5. The molecule has 37 heavy (non-hydrogen) atoms. The highest BCUT2D eigenvalue weighted by molar-refractivity contribution is 7.89. The van der Waals surface area contributed by atoms with Gasteiger partial charge in [-0.2, -0.15) is 13.2 Å². The van der Waals surface area contributed by atoms with Crippen molar-refractivity contribution < 1.29 is 26.0 Å². The molecule has 2 heterocycles. The first kappa shape index (κ1) is 24.9. The topological polar surface area (TPSA) is 90.8 Å². The normalized spacial score (nSPS) is 17.3. The number of anilines is 1. The second kappa shape index (κ2) is 9.29. The van der Waals surface area contributed by atoms with E-state index in [-0.39, 0.29) is 23.8 Å². The summed E-state index contributed by atoms with van der Waals surface area (Å²) in [5.74, 6) is -4.14. The van der Waals surface area contributed by atoms with Crippen LogP contribution in [0.1, 0.15) is 24.0 Å². The highest BCUT2D eigenvalue weighted by Crippen LogP contribution is 2.45. The van der Waals surface area contributed by atoms with Gasteiger partial charge in [-0.15, -0.1) is 5.10 Å². The number of piperazine rings is 1. The molecule has 5 rings (SSSR count). The fraction of sp³-hybridized carbons (Fsp3) is 0.292. The predicted octanol–water partition coefficient (Wildman–Crippen LogP) is 3.34. The lowest BCUT2D eigenvalue weighted by atomic mass is 10.1. The molecule has 0 bridgehead atoms. The summed E-state index contributed by atoms with van der Waals surface area (Å²) < 4.78 is 82.6. The quantitative estimate of drug-likeness (QED) is 0.234. The Labute approximate surface area is 210 Å². The average Bonchev–Trinajstić information content (AvgIpc) is 3.61. The van der Waals surface area contributed by atoms with Crippen molar-refractivity contribution in [1.29, 1.82) is 0 Å². The van der Waals surface area contributed by atoms with Gasteiger partial charge in [0, 0.05) is 31.8 Å². The molecule has 194 valence electrons. The molecule has 8 nitrogen and oxygen atoms in total. The molecule has 2 aliphatic rings. The summed E-state index contributed by atoms with van der Waals surface area (Å²) >= 11 is 0. The highest BCUT2D eigenvalue weighted by atomic mass is 32.2. The van der Waals surface area contributed by atoms with E-state index in [2.05, 4.69) is 19.9 Å². The van der Waals surface area contributed by atoms with Crippen LogP contribution in [-0.2, 0) is 10.0 Å². The van der Waals surface area contributed by atoms with Crippen LogP contribution in [0.15, 0.2) is 58.8 Å². The molecule has 0 radical (unpaired) electrons. The fourth-order valence-electron chi connectivity index (χ4n) is 4.40. The van der Waals surface area contributed by atoms with Crippen molar-refractivity contribution in [1.82, 2.24) is 19.7 Å². The largest absolute Gasteiger partial charge is 0.345 e. The standard InChI is InChI=1S/C24H22F4N6O2S/c1-15-2-4-18(5-3-15)37(35,36)32-31-22(21-19(27)10-16(25)11-20(21)28)34-9-8-33(14-24(34)6-7-24)23-29-12-17(26)13-30-23/h2-5,10-13,32H,6-9,14H2,1H3/b31-22-. The molecule has 1 aliphatic carbocycles. The summed E-state index contributed by atoms with van der Waals surface area (Å²) in [5.41, 5.74) is -0.458. The van der Waals surface area contributed by atoms with Gasteiger partial charge in [-0.25, -0.2) is 27.5 Å². The molecule has 0 amide bonds. The molecule has 2 fully saturated rings. The molecule has 13 heteroatoms. The van der Waals surface area contributed by atoms with Crippen LogP contribution >= 0.6 is 0 Å². The molecular weight excluding hydrogens is 512 g/mol. The van der Waals surface area contributed by atoms with E-state index in [9.17, 15) is 26.0 Å². The Bertz CT molecular complexity index is 1440. The zero-order chi connectivity index (χ0) is 26.4. The van der Waals surface area contributed by atoms with Crippen molar-refractivity contribution in [2.75, 3.05) is 24.5 Å². The first-order valence-electron chi connectivity index (χ1n) is 11.4. The number of sulfonamides is 1. The number of aryl methyl sites for hydroxylation is 1. The summed E-state index contributed by atoms with van der Waals surface area (Å²) in [6.07, 6.45) is 3.31. The SMILES string of the molecule is Cc1ccc(S(=O)(=O)N/N=C(/c2c(F)cc(F)cc2F)N2CCN(c3ncc(F)cn3)CC23CC3)cc1. The smallest absolute Gasteiger partial charge is 0.276 e. The first-order valence-corrected chi connectivity index (χ1v) is 12.9. The van der Waals surface area contributed by atoms with Gasteiger partial charge < -0.3 is 9.80 Å². The molecule has 2 aromatic carbocycles. The monoisotopic (exact) mass is 534 g/mol. The Morgan fingerprint density at radius 3 is 2.19 bits per heavy atom. The van der Waals surface area contributed by atoms with Gasteiger partial charge in [0.05, 0.1) is 28.4 Å². The van der Waals surface area contributed by atoms with Crippen molar-refractivity contribution in [3.05, 3.63) is 83.2 Å². The summed E-state index contributed by atoms with van der Waals surface area (Å²) in [5, 5.41) is 3.99. The number of nitrogens with one attached hydrogen (secondary N) is 1. The van der Waals surface area contributed by atoms with Gasteiger partial charge in [0.25, 0.3) is 10.0 Å². The van der Waals surface area contributed by atoms with Gasteiger partial charge in [-0.05, 0) is 31.9 Å². The summed E-state index contributed by atoms with van der Waals surface area (Å²) in [6.45, 7) is 2.57. The second-order valence-electron chi connectivity index (χ2n) is 9.09. The Kier molecular flexibility index (Phi) is 6.26. The van der Waals surface area contributed by atoms with Gasteiger partial charge in [0.1, 0.15) is 17.5 Å². The number of halogens is 4. The maximum Gasteiger partial charge on any atom is 0.276 e. The van der Waals surface area contributed by atoms with Crippen LogP contribution in [0.2, 0.25) is 0 Å². The van der Waals surface area contributed by atoms with Crippen LogP contribution in [0.4, 0.5) is 23.5 Å². The molecule has 1 aromatic heterocycles. The number of hydrazone groups is 1. The van der Waals surface area contributed by atoms with E-state index in [4.69, 9.17) is 0 Å². The van der Waals surface area contributed by atoms with E-state index >= 15 is 0 Å². The number of aromatic nitrogens is 2. The van der Waals surface area contributed by atoms with E-state index < -0.39 is 44.4 Å². The lowest BCUT2D eigenvalue weighted by Gasteiger charge is -2.43. The molecule has 1 N–H and O–H groups in total. The van der Waals surface area contributed by atoms with E-state index in [1.165, 1.54) is 12.1 Å². The lowest BCUT2D eigenvalue weighted by Crippen LogP contribution is -2.58. The first-order chi connectivity index (χ1) is 17.6. The number of hydrogen-bond donors (Lipinski definition) is 1. The van der Waals surface area contributed by atoms with Gasteiger partial charge in [-0.3, -0.25) is 0 Å². The predicted molar refractivity (Wildman–Crippen MR) is 127 cm³/mol. The highest BCUT2D eigenvalue weighted by Gasteiger charge is 2.53. The average molecular weight is 535 g/mol. The lowest BCUT2D eigenvalue weighted by molar-refractivity contribution is 0.256. The number of amidine groups is 1. The third kappa shape index (κ3) is 4.95. The molecule has 1 aliphatic heterocycles. The van der Waals surface area contributed by atoms with Crippen molar-refractivity contribution in [2.24, 2.45) is 5.10 Å². The van der Waals surface area contributed by atoms with Crippen LogP contribution in [-0.4, -0.2) is 54.3 Å². The number of rotatable bonds is 5. The van der Waals surface area contributed by atoms with Gasteiger partial charge in [0.15, 0.2) is 11.7 Å². The third-order valence-electron chi connectivity index (χ3n) is 6.46. The van der Waals surface area contributed by atoms with Crippen LogP contribution in [0.5, 0.6) is 0 Å². The van der Waals surface area contributed by atoms with Crippen molar-refractivity contribution in [3.63, 3.8) is 0 Å². The molecule has 1 spiro atoms. The summed E-state index contributed by atoms with van der Waals surface area (Å²) in [4.78, 5) is 13.5. The minimum atomic E-state index is -4.18. The maximum absolute atomic E-state index is 14.9. The van der Waals surface area contributed by atoms with Crippen LogP contribution in [0, 0.1) is 30.2 Å². The Balaban J connectivity index is 1.52. The third-order valence-corrected chi connectivity index (χ3v) is 7.68. The van der Waals surface area contributed by atoms with E-state index in [1.807, 2.05) is 4.90 Å². The molecule has 0 atom stereocenters. The molecule has 0 unspecified atom stereocenters. The van der Waals surface area contributed by atoms with E-state index in [1.54, 1.807) is 24.0 Å². The Morgan fingerprint density at radius 2 is 1.59 bits per heavy atom. The Morgan fingerprint density at radius 1 is 0.973 bits per heavy atom. The fourth-order valence-corrected chi connectivity index (χ4v) is 5.21. The number of benzene rings is 2. The molecule has 3 aromatic rings. The Hall–Kier alpha value is -3.74. The van der Waals surface area contributed by atoms with Crippen LogP contribution in [0.25, 0.3) is 0 Å². The van der Waals surface area contributed by atoms with Crippen molar-refractivity contribution in [2.45, 2.75) is 30.2 Å². The van der Waals surface area contributed by atoms with Crippen LogP contribution in [0.3, 0.4) is 0 Å². The zero-order valence-corrected chi connectivity index (χ0v) is 20.4. The summed E-state index contributed by atoms with van der Waals surface area (Å²) in [7, 11) is -4.18. The number of hydrogen-bond acceptors (Lipinski definition) is 6. The molecule has 1 saturated carbocycles. The second-order valence-corrected chi connectivity index (χ2v) is 10.7. The molecular formula is C24H22F4N6O2S. The minimum Gasteiger partial charge on any atom is -0.345 e. The van der Waals surface area contributed by atoms with Crippen LogP contribution < -0.4 is 9.73 Å². The van der Waals surface area contributed by atoms with Gasteiger partial charge in [-0.1, -0.05) is 17.7 Å². The summed E-state index contributed by atoms with van der Waals surface area (Å²) in [6, 6.07) is 7.02. The van der Waals surface area contributed by atoms with E-state index in [0.29, 0.717) is 37.5 Å². The van der Waals surface area contributed by atoms with Crippen molar-refractivity contribution >= 4 is 21.8 Å². The van der Waals surface area contributed by atoms with Crippen molar-refractivity contribution in [3.8, 4) is 0 Å². The zero-order valence-electron chi connectivity index (χ0n) is 19.6.